The lowest BCUT2D eigenvalue weighted by molar-refractivity contribution is -0.148. The number of carbonyl (C=O) groups is 2. The molecule has 98 valence electrons. The van der Waals surface area contributed by atoms with Crippen LogP contribution in [0.2, 0.25) is 0 Å². The van der Waals surface area contributed by atoms with Gasteiger partial charge in [-0.25, -0.2) is 0 Å². The Morgan fingerprint density at radius 2 is 1.94 bits per heavy atom. The highest BCUT2D eigenvalue weighted by Gasteiger charge is 2.38. The molecule has 0 spiro atoms. The topological polar surface area (TPSA) is 43.4 Å². The van der Waals surface area contributed by atoms with Gasteiger partial charge in [0.05, 0.1) is 6.61 Å². The number of ether oxygens (including phenoxy) is 1. The number of hydrogen-bond donors (Lipinski definition) is 0. The van der Waals surface area contributed by atoms with E-state index in [0.717, 1.165) is 19.3 Å². The zero-order valence-corrected chi connectivity index (χ0v) is 12.4. The van der Waals surface area contributed by atoms with Crippen molar-refractivity contribution in [2.45, 2.75) is 50.8 Å². The maximum Gasteiger partial charge on any atom is 0.330 e. The number of halogens is 1. The Bertz CT molecular complexity index is 282. The number of allylic oxidation sites excluding steroid dienone is 2. The van der Waals surface area contributed by atoms with Crippen LogP contribution in [0.15, 0.2) is 12.2 Å². The average Bonchev–Trinajstić information content (AvgIpc) is 2.28. The molecule has 0 saturated heterocycles. The van der Waals surface area contributed by atoms with Crippen LogP contribution in [0.1, 0.15) is 46.5 Å². The number of carbonyl (C=O) groups excluding carboxylic acids is 2. The second-order valence-corrected chi connectivity index (χ2v) is 5.50. The Morgan fingerprint density at radius 1 is 1.29 bits per heavy atom. The Balaban J connectivity index is 4.11. The largest absolute Gasteiger partial charge is 0.465 e. The predicted octanol–water partition coefficient (Wildman–Crippen LogP) is 3.41. The second kappa shape index (κ2) is 8.45. The molecule has 0 fully saturated rings. The van der Waals surface area contributed by atoms with E-state index in [1.54, 1.807) is 13.8 Å². The summed E-state index contributed by atoms with van der Waals surface area (Å²) in [5.41, 5.74) is 0. The molecule has 0 N–H and O–H groups in total. The SMILES string of the molecule is CC/C=C\CCCC(=O)C(C)(Br)C(=O)OCC. The van der Waals surface area contributed by atoms with Crippen LogP contribution in [-0.4, -0.2) is 22.7 Å². The van der Waals surface area contributed by atoms with Gasteiger partial charge in [-0.3, -0.25) is 9.59 Å². The fraction of sp³-hybridized carbons (Fsp3) is 0.692. The molecule has 17 heavy (non-hydrogen) atoms. The molecule has 0 bridgehead atoms. The number of hydrogen-bond acceptors (Lipinski definition) is 3. The van der Waals surface area contributed by atoms with E-state index in [9.17, 15) is 9.59 Å². The summed E-state index contributed by atoms with van der Waals surface area (Å²) in [5, 5.41) is 0. The van der Waals surface area contributed by atoms with Gasteiger partial charge >= 0.3 is 5.97 Å². The highest BCUT2D eigenvalue weighted by atomic mass is 79.9. The summed E-state index contributed by atoms with van der Waals surface area (Å²) >= 11 is 3.15. The summed E-state index contributed by atoms with van der Waals surface area (Å²) in [6.45, 7) is 5.63. The fourth-order valence-electron chi connectivity index (χ4n) is 1.28. The highest BCUT2D eigenvalue weighted by molar-refractivity contribution is 9.10. The van der Waals surface area contributed by atoms with E-state index in [-0.39, 0.29) is 12.4 Å². The van der Waals surface area contributed by atoms with Crippen LogP contribution < -0.4 is 0 Å². The van der Waals surface area contributed by atoms with Crippen molar-refractivity contribution in [2.75, 3.05) is 6.61 Å². The van der Waals surface area contributed by atoms with Crippen LogP contribution in [0.25, 0.3) is 0 Å². The van der Waals surface area contributed by atoms with Gasteiger partial charge in [0, 0.05) is 6.42 Å². The number of unbranched alkanes of at least 4 members (excludes halogenated alkanes) is 1. The first-order valence-electron chi connectivity index (χ1n) is 6.01. The number of esters is 1. The van der Waals surface area contributed by atoms with Crippen molar-refractivity contribution in [3.63, 3.8) is 0 Å². The molecule has 0 aromatic rings. The maximum atomic E-state index is 11.8. The third-order valence-corrected chi connectivity index (χ3v) is 3.13. The molecule has 0 aromatic carbocycles. The first-order chi connectivity index (χ1) is 7.96. The maximum absolute atomic E-state index is 11.8. The van der Waals surface area contributed by atoms with Crippen molar-refractivity contribution >= 4 is 27.7 Å². The lowest BCUT2D eigenvalue weighted by Gasteiger charge is -2.18. The fourth-order valence-corrected chi connectivity index (χ4v) is 1.59. The molecule has 0 aliphatic rings. The van der Waals surface area contributed by atoms with E-state index in [1.807, 2.05) is 0 Å². The summed E-state index contributed by atoms with van der Waals surface area (Å²) in [4.78, 5) is 23.4. The molecule has 0 saturated carbocycles. The standard InChI is InChI=1S/C13H21BrO3/c1-4-6-7-8-9-10-11(15)13(3,14)12(16)17-5-2/h6-7H,4-5,8-10H2,1-3H3/b7-6-. The summed E-state index contributed by atoms with van der Waals surface area (Å²) in [6, 6.07) is 0. The normalized spacial score (nSPS) is 14.6. The molecule has 0 aliphatic carbocycles. The number of Topliss-reactive ketones (excluding diaryl/α,β-unsaturated/α-hetero) is 1. The molecule has 0 heterocycles. The third-order valence-electron chi connectivity index (χ3n) is 2.36. The molecule has 0 radical (unpaired) electrons. The minimum atomic E-state index is -1.20. The molecule has 1 atom stereocenters. The van der Waals surface area contributed by atoms with E-state index in [2.05, 4.69) is 35.0 Å². The van der Waals surface area contributed by atoms with Gasteiger partial charge in [0.1, 0.15) is 0 Å². The van der Waals surface area contributed by atoms with Crippen LogP contribution in [0.5, 0.6) is 0 Å². The van der Waals surface area contributed by atoms with Gasteiger partial charge in [-0.15, -0.1) is 0 Å². The minimum absolute atomic E-state index is 0.124. The van der Waals surface area contributed by atoms with Crippen molar-refractivity contribution < 1.29 is 14.3 Å². The van der Waals surface area contributed by atoms with Crippen LogP contribution >= 0.6 is 15.9 Å². The van der Waals surface area contributed by atoms with Crippen molar-refractivity contribution in [3.8, 4) is 0 Å². The van der Waals surface area contributed by atoms with Gasteiger partial charge in [0.15, 0.2) is 10.1 Å². The van der Waals surface area contributed by atoms with Crippen LogP contribution in [0.4, 0.5) is 0 Å². The summed E-state index contributed by atoms with van der Waals surface area (Å²) in [5.74, 6) is -0.630. The van der Waals surface area contributed by atoms with Crippen LogP contribution in [0, 0.1) is 0 Å². The summed E-state index contributed by atoms with van der Waals surface area (Å²) < 4.78 is 3.66. The number of ketones is 1. The van der Waals surface area contributed by atoms with E-state index < -0.39 is 10.3 Å². The molecule has 4 heteroatoms. The van der Waals surface area contributed by atoms with Gasteiger partial charge in [-0.05, 0) is 33.1 Å². The monoisotopic (exact) mass is 304 g/mol. The Labute approximate surface area is 112 Å². The minimum Gasteiger partial charge on any atom is -0.465 e. The molecule has 0 amide bonds. The Morgan fingerprint density at radius 3 is 2.47 bits per heavy atom. The van der Waals surface area contributed by atoms with Gasteiger partial charge in [0.25, 0.3) is 0 Å². The van der Waals surface area contributed by atoms with Gasteiger partial charge in [-0.2, -0.15) is 0 Å². The quantitative estimate of drug-likeness (QED) is 0.227. The van der Waals surface area contributed by atoms with Gasteiger partial charge in [0.2, 0.25) is 0 Å². The van der Waals surface area contributed by atoms with E-state index in [4.69, 9.17) is 4.74 Å². The molecule has 3 nitrogen and oxygen atoms in total. The molecular formula is C13H21BrO3. The van der Waals surface area contributed by atoms with E-state index >= 15 is 0 Å². The summed E-state index contributed by atoms with van der Waals surface area (Å²) in [7, 11) is 0. The van der Waals surface area contributed by atoms with E-state index in [0.29, 0.717) is 6.42 Å². The van der Waals surface area contributed by atoms with E-state index in [1.165, 1.54) is 0 Å². The molecule has 0 aliphatic heterocycles. The smallest absolute Gasteiger partial charge is 0.330 e. The zero-order valence-electron chi connectivity index (χ0n) is 10.8. The van der Waals surface area contributed by atoms with Crippen molar-refractivity contribution in [1.29, 1.82) is 0 Å². The molecule has 1 unspecified atom stereocenters. The number of alkyl halides is 1. The lowest BCUT2D eigenvalue weighted by Crippen LogP contribution is -2.39. The zero-order chi connectivity index (χ0) is 13.3. The Hall–Kier alpha value is -0.640. The molecule has 0 rings (SSSR count). The molecule has 0 aromatic heterocycles. The van der Waals surface area contributed by atoms with Gasteiger partial charge in [-0.1, -0.05) is 35.0 Å². The van der Waals surface area contributed by atoms with Crippen molar-refractivity contribution in [3.05, 3.63) is 12.2 Å². The summed E-state index contributed by atoms with van der Waals surface area (Å²) in [6.07, 6.45) is 7.15. The second-order valence-electron chi connectivity index (χ2n) is 3.92. The number of rotatable bonds is 8. The van der Waals surface area contributed by atoms with Gasteiger partial charge < -0.3 is 4.74 Å². The Kier molecular flexibility index (Phi) is 8.13. The van der Waals surface area contributed by atoms with Crippen molar-refractivity contribution in [1.82, 2.24) is 0 Å². The van der Waals surface area contributed by atoms with Crippen molar-refractivity contribution in [2.24, 2.45) is 0 Å². The first-order valence-corrected chi connectivity index (χ1v) is 6.80. The lowest BCUT2D eigenvalue weighted by atomic mass is 10.0. The average molecular weight is 305 g/mol. The van der Waals surface area contributed by atoms with Crippen LogP contribution in [0.3, 0.4) is 0 Å². The van der Waals surface area contributed by atoms with Crippen LogP contribution in [-0.2, 0) is 14.3 Å². The first kappa shape index (κ1) is 16.4. The predicted molar refractivity (Wildman–Crippen MR) is 72.3 cm³/mol. The molecular weight excluding hydrogens is 284 g/mol. The highest BCUT2D eigenvalue weighted by Crippen LogP contribution is 2.23. The third kappa shape index (κ3) is 6.01.